The fourth-order valence-electron chi connectivity index (χ4n) is 3.53. The second-order valence-electron chi connectivity index (χ2n) is 7.30. The van der Waals surface area contributed by atoms with E-state index < -0.39 is 0 Å². The van der Waals surface area contributed by atoms with Crippen LogP contribution in [0.2, 0.25) is 0 Å². The zero-order chi connectivity index (χ0) is 20.1. The number of amides is 1. The van der Waals surface area contributed by atoms with E-state index in [-0.39, 0.29) is 17.9 Å². The summed E-state index contributed by atoms with van der Waals surface area (Å²) in [6.45, 7) is 1.34. The van der Waals surface area contributed by atoms with Crippen molar-refractivity contribution in [3.8, 4) is 0 Å². The molecule has 0 bridgehead atoms. The molecular formula is C20H29N7O. The van der Waals surface area contributed by atoms with E-state index in [1.807, 2.05) is 56.4 Å². The number of benzene rings is 1. The smallest absolute Gasteiger partial charge is 0.225 e. The van der Waals surface area contributed by atoms with Crippen molar-refractivity contribution < 1.29 is 4.79 Å². The molecule has 0 saturated heterocycles. The Hall–Kier alpha value is -2.87. The van der Waals surface area contributed by atoms with Gasteiger partial charge in [0, 0.05) is 57.0 Å². The lowest BCUT2D eigenvalue weighted by Crippen LogP contribution is -2.43. The third-order valence-corrected chi connectivity index (χ3v) is 5.04. The number of nitrogens with zero attached hydrogens (tertiary/aromatic N) is 4. The first-order chi connectivity index (χ1) is 13.5. The molecule has 1 aromatic heterocycles. The number of para-hydroxylation sites is 1. The van der Waals surface area contributed by atoms with Crippen LogP contribution < -0.4 is 16.0 Å². The van der Waals surface area contributed by atoms with Crippen LogP contribution in [0.15, 0.2) is 41.7 Å². The van der Waals surface area contributed by atoms with Crippen LogP contribution in [0.3, 0.4) is 0 Å². The van der Waals surface area contributed by atoms with Crippen molar-refractivity contribution in [2.24, 2.45) is 12.0 Å². The Labute approximate surface area is 166 Å². The minimum absolute atomic E-state index is 0.0534. The summed E-state index contributed by atoms with van der Waals surface area (Å²) in [6, 6.07) is 8.14. The molecule has 2 unspecified atom stereocenters. The maximum absolute atomic E-state index is 12.0. The van der Waals surface area contributed by atoms with Gasteiger partial charge in [-0.1, -0.05) is 18.2 Å². The summed E-state index contributed by atoms with van der Waals surface area (Å²) in [5, 5.41) is 14.0. The Kier molecular flexibility index (Phi) is 6.30. The van der Waals surface area contributed by atoms with Crippen LogP contribution in [-0.2, 0) is 11.8 Å². The van der Waals surface area contributed by atoms with Crippen LogP contribution in [-0.4, -0.2) is 60.8 Å². The Morgan fingerprint density at radius 3 is 2.86 bits per heavy atom. The largest absolute Gasteiger partial charge is 0.356 e. The Morgan fingerprint density at radius 2 is 2.18 bits per heavy atom. The van der Waals surface area contributed by atoms with Crippen LogP contribution >= 0.6 is 0 Å². The van der Waals surface area contributed by atoms with Crippen LogP contribution in [0, 0.1) is 0 Å². The highest BCUT2D eigenvalue weighted by atomic mass is 16.1. The van der Waals surface area contributed by atoms with Gasteiger partial charge in [-0.15, -0.1) is 0 Å². The van der Waals surface area contributed by atoms with Crippen LogP contribution in [0.25, 0.3) is 0 Å². The van der Waals surface area contributed by atoms with Gasteiger partial charge >= 0.3 is 0 Å². The van der Waals surface area contributed by atoms with E-state index in [2.05, 4.69) is 37.0 Å². The minimum Gasteiger partial charge on any atom is -0.356 e. The molecule has 28 heavy (non-hydrogen) atoms. The van der Waals surface area contributed by atoms with E-state index in [0.29, 0.717) is 19.5 Å². The van der Waals surface area contributed by atoms with E-state index in [1.54, 1.807) is 7.05 Å². The average Bonchev–Trinajstić information content (AvgIpc) is 3.09. The third kappa shape index (κ3) is 4.69. The monoisotopic (exact) mass is 383 g/mol. The number of carbonyl (C=O) groups is 1. The summed E-state index contributed by atoms with van der Waals surface area (Å²) in [7, 11) is 7.77. The number of aliphatic imine (C=N–C) groups is 1. The topological polar surface area (TPSA) is 86.6 Å². The fraction of sp³-hybridized carbons (Fsp3) is 0.450. The number of rotatable bonds is 6. The van der Waals surface area contributed by atoms with Gasteiger partial charge in [0.1, 0.15) is 0 Å². The highest BCUT2D eigenvalue weighted by molar-refractivity contribution is 5.94. The average molecular weight is 384 g/mol. The van der Waals surface area contributed by atoms with Gasteiger partial charge in [0.05, 0.1) is 12.2 Å². The van der Waals surface area contributed by atoms with Crippen molar-refractivity contribution in [2.45, 2.75) is 18.4 Å². The lowest BCUT2D eigenvalue weighted by molar-refractivity contribution is -0.116. The number of anilines is 1. The van der Waals surface area contributed by atoms with Gasteiger partial charge in [0.2, 0.25) is 5.91 Å². The standard InChI is InChI=1S/C20H29N7O/c1-21-20(23-12-18(26(2)3)15-11-24-27(4)13-15)22-10-14-9-19(28)25-17-8-6-5-7-16(14)17/h5-8,11,13-14,18H,9-10,12H2,1-4H3,(H,25,28)(H2,21,22,23). The zero-order valence-electron chi connectivity index (χ0n) is 16.9. The van der Waals surface area contributed by atoms with Crippen LogP contribution in [0.1, 0.15) is 29.5 Å². The molecule has 3 N–H and O–H groups in total. The molecule has 8 nitrogen and oxygen atoms in total. The van der Waals surface area contributed by atoms with E-state index in [0.717, 1.165) is 22.8 Å². The Morgan fingerprint density at radius 1 is 1.39 bits per heavy atom. The molecular weight excluding hydrogens is 354 g/mol. The minimum atomic E-state index is 0.0534. The summed E-state index contributed by atoms with van der Waals surface area (Å²) >= 11 is 0. The SMILES string of the molecule is CN=C(NCC1CC(=O)Nc2ccccc21)NCC(c1cnn(C)c1)N(C)C. The van der Waals surface area contributed by atoms with Gasteiger partial charge in [-0.05, 0) is 25.7 Å². The zero-order valence-corrected chi connectivity index (χ0v) is 16.9. The lowest BCUT2D eigenvalue weighted by Gasteiger charge is -2.27. The fourth-order valence-corrected chi connectivity index (χ4v) is 3.53. The molecule has 1 aromatic carbocycles. The lowest BCUT2D eigenvalue weighted by atomic mass is 9.90. The number of carbonyl (C=O) groups excluding carboxylic acids is 1. The normalized spacial score (nSPS) is 17.8. The van der Waals surface area contributed by atoms with E-state index in [9.17, 15) is 4.79 Å². The molecule has 150 valence electrons. The summed E-state index contributed by atoms with van der Waals surface area (Å²) < 4.78 is 1.81. The van der Waals surface area contributed by atoms with Crippen molar-refractivity contribution in [3.05, 3.63) is 47.8 Å². The molecule has 0 radical (unpaired) electrons. The second-order valence-corrected chi connectivity index (χ2v) is 7.30. The number of hydrogen-bond donors (Lipinski definition) is 3. The van der Waals surface area contributed by atoms with Crippen molar-refractivity contribution in [3.63, 3.8) is 0 Å². The summed E-state index contributed by atoms with van der Waals surface area (Å²) in [5.74, 6) is 0.892. The Balaban J connectivity index is 1.60. The van der Waals surface area contributed by atoms with E-state index in [1.165, 1.54) is 0 Å². The first-order valence-electron chi connectivity index (χ1n) is 9.46. The first kappa shape index (κ1) is 19.9. The molecule has 2 heterocycles. The number of nitrogens with one attached hydrogen (secondary N) is 3. The van der Waals surface area contributed by atoms with Crippen molar-refractivity contribution in [1.29, 1.82) is 0 Å². The number of likely N-dealkylation sites (N-methyl/N-ethyl adjacent to an activating group) is 1. The summed E-state index contributed by atoms with van der Waals surface area (Å²) in [5.41, 5.74) is 3.21. The molecule has 2 atom stereocenters. The van der Waals surface area contributed by atoms with Gasteiger partial charge in [-0.25, -0.2) is 0 Å². The van der Waals surface area contributed by atoms with Crippen LogP contribution in [0.4, 0.5) is 5.69 Å². The Bertz CT molecular complexity index is 843. The third-order valence-electron chi connectivity index (χ3n) is 5.04. The van der Waals surface area contributed by atoms with Crippen molar-refractivity contribution in [1.82, 2.24) is 25.3 Å². The molecule has 2 aromatic rings. The summed E-state index contributed by atoms with van der Waals surface area (Å²) in [4.78, 5) is 18.5. The summed E-state index contributed by atoms with van der Waals surface area (Å²) in [6.07, 6.45) is 4.39. The number of aromatic nitrogens is 2. The van der Waals surface area contributed by atoms with Gasteiger partial charge in [0.15, 0.2) is 5.96 Å². The maximum atomic E-state index is 12.0. The van der Waals surface area contributed by atoms with E-state index >= 15 is 0 Å². The second kappa shape index (κ2) is 8.88. The van der Waals surface area contributed by atoms with Crippen molar-refractivity contribution >= 4 is 17.6 Å². The number of aryl methyl sites for hydroxylation is 1. The molecule has 0 aliphatic carbocycles. The first-order valence-corrected chi connectivity index (χ1v) is 9.46. The number of hydrogen-bond acceptors (Lipinski definition) is 4. The molecule has 1 amide bonds. The van der Waals surface area contributed by atoms with Gasteiger partial charge in [0.25, 0.3) is 0 Å². The van der Waals surface area contributed by atoms with E-state index in [4.69, 9.17) is 0 Å². The molecule has 0 fully saturated rings. The molecule has 0 spiro atoms. The maximum Gasteiger partial charge on any atom is 0.225 e. The van der Waals surface area contributed by atoms with Crippen LogP contribution in [0.5, 0.6) is 0 Å². The van der Waals surface area contributed by atoms with Gasteiger partial charge in [-0.2, -0.15) is 5.10 Å². The molecule has 0 saturated carbocycles. The van der Waals surface area contributed by atoms with Gasteiger partial charge in [-0.3, -0.25) is 14.5 Å². The predicted molar refractivity (Wildman–Crippen MR) is 111 cm³/mol. The van der Waals surface area contributed by atoms with Gasteiger partial charge < -0.3 is 20.9 Å². The predicted octanol–water partition coefficient (Wildman–Crippen LogP) is 1.31. The highest BCUT2D eigenvalue weighted by Gasteiger charge is 2.25. The highest BCUT2D eigenvalue weighted by Crippen LogP contribution is 2.31. The van der Waals surface area contributed by atoms with Crippen molar-refractivity contribution in [2.75, 3.05) is 39.5 Å². The molecule has 8 heteroatoms. The number of guanidine groups is 1. The number of fused-ring (bicyclic) bond motifs is 1. The quantitative estimate of drug-likeness (QED) is 0.517. The molecule has 3 rings (SSSR count). The molecule has 1 aliphatic heterocycles. The molecule has 1 aliphatic rings.